The molecule has 0 aliphatic rings. The molecule has 0 aliphatic carbocycles. The average Bonchev–Trinajstić information content (AvgIpc) is 3.20. The quantitative estimate of drug-likeness (QED) is 0.317. The molecule has 0 atom stereocenters. The second-order valence-corrected chi connectivity index (χ2v) is 8.07. The molecule has 0 N–H and O–H groups in total. The van der Waals surface area contributed by atoms with Gasteiger partial charge in [0, 0.05) is 18.0 Å². The fourth-order valence-corrected chi connectivity index (χ4v) is 3.62. The summed E-state index contributed by atoms with van der Waals surface area (Å²) in [6.07, 6.45) is 1.69. The van der Waals surface area contributed by atoms with Crippen LogP contribution in [0.5, 0.6) is 5.75 Å². The minimum atomic E-state index is -0.00912. The molecule has 3 rings (SSSR count). The maximum Gasteiger partial charge on any atom is 0.249 e. The first-order valence-corrected chi connectivity index (χ1v) is 11.0. The summed E-state index contributed by atoms with van der Waals surface area (Å²) in [5.41, 5.74) is 0.661. The molecule has 1 heterocycles. The smallest absolute Gasteiger partial charge is 0.249 e. The molecule has 2 aromatic carbocycles. The van der Waals surface area contributed by atoms with Gasteiger partial charge in [0.1, 0.15) is 5.75 Å². The Bertz CT molecular complexity index is 1030. The van der Waals surface area contributed by atoms with E-state index in [9.17, 15) is 4.79 Å². The van der Waals surface area contributed by atoms with Gasteiger partial charge in [0.25, 0.3) is 0 Å². The molecule has 9 heteroatoms. The van der Waals surface area contributed by atoms with Crippen molar-refractivity contribution < 1.29 is 13.9 Å². The number of amides is 1. The van der Waals surface area contributed by atoms with E-state index in [1.807, 2.05) is 25.1 Å². The number of carbonyl (C=O) groups excluding carboxylic acids is 1. The Kier molecular flexibility index (Phi) is 8.58. The van der Waals surface area contributed by atoms with E-state index in [1.165, 1.54) is 0 Å². The number of ether oxygens (including phenoxy) is 1. The Balaban J connectivity index is 1.54. The first kappa shape index (κ1) is 23.4. The Morgan fingerprint density at radius 1 is 1.10 bits per heavy atom. The van der Waals surface area contributed by atoms with Crippen LogP contribution in [0.4, 0.5) is 0 Å². The number of aromatic nitrogens is 2. The van der Waals surface area contributed by atoms with Crippen LogP contribution in [-0.4, -0.2) is 34.2 Å². The van der Waals surface area contributed by atoms with Crippen molar-refractivity contribution in [2.45, 2.75) is 32.7 Å². The lowest BCUT2D eigenvalue weighted by molar-refractivity contribution is -0.132. The zero-order valence-corrected chi connectivity index (χ0v) is 19.3. The predicted octanol–water partition coefficient (Wildman–Crippen LogP) is 6.29. The SMILES string of the molecule is CCCN(Cc1nnc(-c2ccccc2Cl)o1)C(=O)CCCOc1ccc(Cl)cc1Cl. The van der Waals surface area contributed by atoms with Gasteiger partial charge in [0.05, 0.1) is 28.8 Å². The van der Waals surface area contributed by atoms with Crippen LogP contribution in [0.3, 0.4) is 0 Å². The molecule has 0 saturated heterocycles. The first-order chi connectivity index (χ1) is 15.0. The molecule has 1 amide bonds. The predicted molar refractivity (Wildman–Crippen MR) is 122 cm³/mol. The molecule has 31 heavy (non-hydrogen) atoms. The van der Waals surface area contributed by atoms with E-state index in [4.69, 9.17) is 44.0 Å². The van der Waals surface area contributed by atoms with E-state index < -0.39 is 0 Å². The molecule has 6 nitrogen and oxygen atoms in total. The van der Waals surface area contributed by atoms with Gasteiger partial charge in [-0.1, -0.05) is 53.9 Å². The van der Waals surface area contributed by atoms with Crippen molar-refractivity contribution in [2.75, 3.05) is 13.2 Å². The number of nitrogens with zero attached hydrogens (tertiary/aromatic N) is 3. The molecule has 3 aromatic rings. The molecule has 0 fully saturated rings. The van der Waals surface area contributed by atoms with E-state index in [1.54, 1.807) is 29.2 Å². The fraction of sp³-hybridized carbons (Fsp3) is 0.318. The summed E-state index contributed by atoms with van der Waals surface area (Å²) in [5.74, 6) is 1.23. The van der Waals surface area contributed by atoms with Crippen LogP contribution in [0.15, 0.2) is 46.9 Å². The number of hydrogen-bond donors (Lipinski definition) is 0. The molecule has 164 valence electrons. The highest BCUT2D eigenvalue weighted by Gasteiger charge is 2.18. The molecular weight excluding hydrogens is 461 g/mol. The third-order valence-corrected chi connectivity index (χ3v) is 5.29. The normalized spacial score (nSPS) is 10.8. The Morgan fingerprint density at radius 2 is 1.90 bits per heavy atom. The largest absolute Gasteiger partial charge is 0.492 e. The lowest BCUT2D eigenvalue weighted by atomic mass is 10.2. The lowest BCUT2D eigenvalue weighted by Crippen LogP contribution is -2.31. The van der Waals surface area contributed by atoms with Crippen LogP contribution < -0.4 is 4.74 Å². The highest BCUT2D eigenvalue weighted by molar-refractivity contribution is 6.35. The molecule has 0 radical (unpaired) electrons. The van der Waals surface area contributed by atoms with Crippen LogP contribution in [0.2, 0.25) is 15.1 Å². The van der Waals surface area contributed by atoms with E-state index in [2.05, 4.69) is 10.2 Å². The first-order valence-electron chi connectivity index (χ1n) is 9.90. The van der Waals surface area contributed by atoms with Crippen molar-refractivity contribution in [1.29, 1.82) is 0 Å². The minimum absolute atomic E-state index is 0.00912. The van der Waals surface area contributed by atoms with Gasteiger partial charge in [0.2, 0.25) is 17.7 Å². The zero-order valence-electron chi connectivity index (χ0n) is 17.0. The summed E-state index contributed by atoms with van der Waals surface area (Å²) >= 11 is 18.2. The summed E-state index contributed by atoms with van der Waals surface area (Å²) in [4.78, 5) is 14.4. The molecule has 1 aromatic heterocycles. The highest BCUT2D eigenvalue weighted by Crippen LogP contribution is 2.28. The van der Waals surface area contributed by atoms with Crippen molar-refractivity contribution in [3.05, 3.63) is 63.4 Å². The van der Waals surface area contributed by atoms with Crippen molar-refractivity contribution in [3.63, 3.8) is 0 Å². The van der Waals surface area contributed by atoms with Gasteiger partial charge in [-0.25, -0.2) is 0 Å². The van der Waals surface area contributed by atoms with E-state index in [0.29, 0.717) is 64.2 Å². The van der Waals surface area contributed by atoms with Gasteiger partial charge in [-0.15, -0.1) is 10.2 Å². The summed E-state index contributed by atoms with van der Waals surface area (Å²) in [6, 6.07) is 12.3. The number of halogens is 3. The number of rotatable bonds is 10. The summed E-state index contributed by atoms with van der Waals surface area (Å²) < 4.78 is 11.4. The number of benzene rings is 2. The lowest BCUT2D eigenvalue weighted by Gasteiger charge is -2.20. The van der Waals surface area contributed by atoms with Crippen molar-refractivity contribution >= 4 is 40.7 Å². The van der Waals surface area contributed by atoms with Crippen molar-refractivity contribution in [1.82, 2.24) is 15.1 Å². The van der Waals surface area contributed by atoms with Gasteiger partial charge >= 0.3 is 0 Å². The summed E-state index contributed by atoms with van der Waals surface area (Å²) in [5, 5.41) is 9.65. The number of hydrogen-bond acceptors (Lipinski definition) is 5. The highest BCUT2D eigenvalue weighted by atomic mass is 35.5. The number of carbonyl (C=O) groups is 1. The maximum absolute atomic E-state index is 12.7. The van der Waals surface area contributed by atoms with Crippen molar-refractivity contribution in [2.24, 2.45) is 0 Å². The molecule has 0 saturated carbocycles. The van der Waals surface area contributed by atoms with Gasteiger partial charge in [-0.05, 0) is 43.2 Å². The standard InChI is InChI=1S/C22H22Cl3N3O3/c1-2-11-28(14-20-26-27-22(31-20)16-6-3-4-7-17(16)24)21(29)8-5-12-30-19-10-9-15(23)13-18(19)25/h3-4,6-7,9-10,13H,2,5,8,11-12,14H2,1H3. The second kappa shape index (κ2) is 11.4. The van der Waals surface area contributed by atoms with Gasteiger partial charge in [-0.2, -0.15) is 0 Å². The van der Waals surface area contributed by atoms with Crippen LogP contribution in [0.1, 0.15) is 32.1 Å². The molecule has 0 aliphatic heterocycles. The zero-order chi connectivity index (χ0) is 22.2. The van der Waals surface area contributed by atoms with Crippen molar-refractivity contribution in [3.8, 4) is 17.2 Å². The van der Waals surface area contributed by atoms with Gasteiger partial charge < -0.3 is 14.1 Å². The fourth-order valence-electron chi connectivity index (χ4n) is 2.94. The van der Waals surface area contributed by atoms with Crippen LogP contribution in [0.25, 0.3) is 11.5 Å². The van der Waals surface area contributed by atoms with Gasteiger partial charge in [-0.3, -0.25) is 4.79 Å². The molecule has 0 bridgehead atoms. The monoisotopic (exact) mass is 481 g/mol. The van der Waals surface area contributed by atoms with Crippen LogP contribution in [-0.2, 0) is 11.3 Å². The second-order valence-electron chi connectivity index (χ2n) is 6.82. The minimum Gasteiger partial charge on any atom is -0.492 e. The molecule has 0 spiro atoms. The van der Waals surface area contributed by atoms with Crippen LogP contribution >= 0.6 is 34.8 Å². The molecule has 0 unspecified atom stereocenters. The van der Waals surface area contributed by atoms with Crippen LogP contribution in [0, 0.1) is 0 Å². The average molecular weight is 483 g/mol. The van der Waals surface area contributed by atoms with E-state index >= 15 is 0 Å². The third kappa shape index (κ3) is 6.60. The van der Waals surface area contributed by atoms with Gasteiger partial charge in [0.15, 0.2) is 0 Å². The Hall–Kier alpha value is -2.28. The Morgan fingerprint density at radius 3 is 2.65 bits per heavy atom. The third-order valence-electron chi connectivity index (χ3n) is 4.43. The van der Waals surface area contributed by atoms with E-state index in [0.717, 1.165) is 6.42 Å². The van der Waals surface area contributed by atoms with E-state index in [-0.39, 0.29) is 12.5 Å². The maximum atomic E-state index is 12.7. The summed E-state index contributed by atoms with van der Waals surface area (Å²) in [7, 11) is 0. The Labute approximate surface area is 196 Å². The molecular formula is C22H22Cl3N3O3. The topological polar surface area (TPSA) is 68.5 Å². The summed E-state index contributed by atoms with van der Waals surface area (Å²) in [6.45, 7) is 3.21.